The van der Waals surface area contributed by atoms with Crippen molar-refractivity contribution in [2.45, 2.75) is 32.2 Å². The number of nitrogens with zero attached hydrogens (tertiary/aromatic N) is 2. The number of aryl methyl sites for hydroxylation is 1. The molecule has 1 saturated carbocycles. The molecule has 1 atom stereocenters. The van der Waals surface area contributed by atoms with Gasteiger partial charge < -0.3 is 5.32 Å². The van der Waals surface area contributed by atoms with E-state index in [2.05, 4.69) is 15.3 Å². The molecule has 3 nitrogen and oxygen atoms in total. The topological polar surface area (TPSA) is 37.8 Å². The average Bonchev–Trinajstić information content (AvgIpc) is 3.01. The molecular formula is C11H17N3. The molecule has 0 radical (unpaired) electrons. The Labute approximate surface area is 85.0 Å². The Morgan fingerprint density at radius 1 is 1.43 bits per heavy atom. The van der Waals surface area contributed by atoms with E-state index >= 15 is 0 Å². The second-order valence-corrected chi connectivity index (χ2v) is 4.11. The molecule has 1 aliphatic carbocycles. The van der Waals surface area contributed by atoms with Gasteiger partial charge in [-0.2, -0.15) is 0 Å². The van der Waals surface area contributed by atoms with Crippen LogP contribution in [0.15, 0.2) is 12.4 Å². The lowest BCUT2D eigenvalue weighted by Crippen LogP contribution is -2.30. The monoisotopic (exact) mass is 191 g/mol. The summed E-state index contributed by atoms with van der Waals surface area (Å²) in [6, 6.07) is 0.567. The van der Waals surface area contributed by atoms with Gasteiger partial charge in [0.1, 0.15) is 5.82 Å². The summed E-state index contributed by atoms with van der Waals surface area (Å²) in [6.45, 7) is 2.01. The van der Waals surface area contributed by atoms with E-state index in [0.717, 1.165) is 23.7 Å². The number of aromatic nitrogens is 2. The van der Waals surface area contributed by atoms with E-state index in [1.165, 1.54) is 12.8 Å². The van der Waals surface area contributed by atoms with Gasteiger partial charge in [0, 0.05) is 24.9 Å². The zero-order valence-electron chi connectivity index (χ0n) is 8.83. The molecule has 1 unspecified atom stereocenters. The predicted molar refractivity (Wildman–Crippen MR) is 56.0 cm³/mol. The molecule has 1 heterocycles. The van der Waals surface area contributed by atoms with Crippen molar-refractivity contribution >= 4 is 0 Å². The normalized spacial score (nSPS) is 18.1. The van der Waals surface area contributed by atoms with Crippen LogP contribution in [-0.2, 0) is 6.42 Å². The minimum Gasteiger partial charge on any atom is -0.316 e. The maximum atomic E-state index is 4.33. The Morgan fingerprint density at radius 2 is 2.07 bits per heavy atom. The molecule has 2 rings (SSSR count). The molecule has 1 fully saturated rings. The van der Waals surface area contributed by atoms with Crippen LogP contribution < -0.4 is 5.32 Å². The Balaban J connectivity index is 1.98. The van der Waals surface area contributed by atoms with Crippen molar-refractivity contribution in [2.75, 3.05) is 7.05 Å². The first kappa shape index (κ1) is 9.59. The van der Waals surface area contributed by atoms with E-state index in [1.54, 1.807) is 0 Å². The quantitative estimate of drug-likeness (QED) is 0.780. The highest BCUT2D eigenvalue weighted by molar-refractivity contribution is 5.03. The predicted octanol–water partition coefficient (Wildman–Crippen LogP) is 1.33. The van der Waals surface area contributed by atoms with Crippen molar-refractivity contribution in [3.8, 4) is 0 Å². The molecule has 3 heteroatoms. The van der Waals surface area contributed by atoms with E-state index in [0.29, 0.717) is 6.04 Å². The molecule has 0 aliphatic heterocycles. The van der Waals surface area contributed by atoms with Gasteiger partial charge in [-0.15, -0.1) is 0 Å². The Bertz CT molecular complexity index is 290. The summed E-state index contributed by atoms with van der Waals surface area (Å²) >= 11 is 0. The van der Waals surface area contributed by atoms with Gasteiger partial charge >= 0.3 is 0 Å². The summed E-state index contributed by atoms with van der Waals surface area (Å²) in [5.74, 6) is 1.81. The molecule has 0 saturated heterocycles. The number of hydrogen-bond acceptors (Lipinski definition) is 3. The van der Waals surface area contributed by atoms with Gasteiger partial charge in [-0.3, -0.25) is 0 Å². The summed E-state index contributed by atoms with van der Waals surface area (Å²) in [5.41, 5.74) is 1.13. The third-order valence-corrected chi connectivity index (χ3v) is 2.80. The van der Waals surface area contributed by atoms with E-state index in [1.807, 2.05) is 26.4 Å². The van der Waals surface area contributed by atoms with Crippen LogP contribution in [0.4, 0.5) is 0 Å². The van der Waals surface area contributed by atoms with Crippen LogP contribution in [0.3, 0.4) is 0 Å². The van der Waals surface area contributed by atoms with Crippen molar-refractivity contribution in [1.29, 1.82) is 0 Å². The second kappa shape index (κ2) is 4.05. The minimum absolute atomic E-state index is 0.567. The van der Waals surface area contributed by atoms with Crippen molar-refractivity contribution in [1.82, 2.24) is 15.3 Å². The highest BCUT2D eigenvalue weighted by atomic mass is 14.9. The first-order valence-electron chi connectivity index (χ1n) is 5.24. The zero-order chi connectivity index (χ0) is 9.97. The largest absolute Gasteiger partial charge is 0.316 e. The third-order valence-electron chi connectivity index (χ3n) is 2.80. The number of nitrogens with one attached hydrogen (secondary N) is 1. The van der Waals surface area contributed by atoms with E-state index in [4.69, 9.17) is 0 Å². The van der Waals surface area contributed by atoms with E-state index in [9.17, 15) is 0 Å². The Hall–Kier alpha value is -0.960. The van der Waals surface area contributed by atoms with Crippen LogP contribution in [0, 0.1) is 12.8 Å². The molecule has 0 spiro atoms. The summed E-state index contributed by atoms with van der Waals surface area (Å²) < 4.78 is 0. The second-order valence-electron chi connectivity index (χ2n) is 4.11. The van der Waals surface area contributed by atoms with Crippen molar-refractivity contribution in [3.05, 3.63) is 23.8 Å². The van der Waals surface area contributed by atoms with Gasteiger partial charge in [-0.1, -0.05) is 0 Å². The lowest BCUT2D eigenvalue weighted by molar-refractivity contribution is 0.489. The first-order valence-corrected chi connectivity index (χ1v) is 5.24. The maximum absolute atomic E-state index is 4.33. The van der Waals surface area contributed by atoms with Crippen LogP contribution in [0.1, 0.15) is 24.2 Å². The highest BCUT2D eigenvalue weighted by Gasteiger charge is 2.30. The summed E-state index contributed by atoms with van der Waals surface area (Å²) in [5, 5.41) is 3.35. The van der Waals surface area contributed by atoms with Gasteiger partial charge in [0.15, 0.2) is 0 Å². The molecule has 1 N–H and O–H groups in total. The fourth-order valence-corrected chi connectivity index (χ4v) is 1.72. The Kier molecular flexibility index (Phi) is 2.77. The summed E-state index contributed by atoms with van der Waals surface area (Å²) in [6.07, 6.45) is 7.46. The molecular weight excluding hydrogens is 174 g/mol. The van der Waals surface area contributed by atoms with Gasteiger partial charge in [0.2, 0.25) is 0 Å². The molecule has 1 aromatic heterocycles. The van der Waals surface area contributed by atoms with Gasteiger partial charge in [0.25, 0.3) is 0 Å². The molecule has 1 aliphatic rings. The molecule has 0 amide bonds. The third kappa shape index (κ3) is 2.29. The standard InChI is InChI=1S/C11H17N3/c1-8-6-13-11(14-7-8)5-10(12-2)9-3-4-9/h6-7,9-10,12H,3-5H2,1-2H3. The minimum atomic E-state index is 0.567. The Morgan fingerprint density at radius 3 is 2.57 bits per heavy atom. The summed E-state index contributed by atoms with van der Waals surface area (Å²) in [4.78, 5) is 8.65. The SMILES string of the molecule is CNC(Cc1ncc(C)cn1)C1CC1. The fraction of sp³-hybridized carbons (Fsp3) is 0.636. The number of rotatable bonds is 4. The van der Waals surface area contributed by atoms with Crippen LogP contribution in [0.5, 0.6) is 0 Å². The highest BCUT2D eigenvalue weighted by Crippen LogP contribution is 2.33. The van der Waals surface area contributed by atoms with Gasteiger partial charge in [-0.25, -0.2) is 9.97 Å². The number of likely N-dealkylation sites (N-methyl/N-ethyl adjacent to an activating group) is 1. The van der Waals surface area contributed by atoms with Crippen molar-refractivity contribution < 1.29 is 0 Å². The lowest BCUT2D eigenvalue weighted by atomic mass is 10.1. The lowest BCUT2D eigenvalue weighted by Gasteiger charge is -2.13. The van der Waals surface area contributed by atoms with E-state index in [-0.39, 0.29) is 0 Å². The average molecular weight is 191 g/mol. The molecule has 1 aromatic rings. The van der Waals surface area contributed by atoms with E-state index < -0.39 is 0 Å². The zero-order valence-corrected chi connectivity index (χ0v) is 8.83. The van der Waals surface area contributed by atoms with Crippen molar-refractivity contribution in [2.24, 2.45) is 5.92 Å². The van der Waals surface area contributed by atoms with Gasteiger partial charge in [-0.05, 0) is 38.3 Å². The van der Waals surface area contributed by atoms with Crippen LogP contribution in [-0.4, -0.2) is 23.1 Å². The molecule has 76 valence electrons. The first-order chi connectivity index (χ1) is 6.79. The van der Waals surface area contributed by atoms with Gasteiger partial charge in [0.05, 0.1) is 0 Å². The maximum Gasteiger partial charge on any atom is 0.129 e. The fourth-order valence-electron chi connectivity index (χ4n) is 1.72. The van der Waals surface area contributed by atoms with Crippen molar-refractivity contribution in [3.63, 3.8) is 0 Å². The molecule has 14 heavy (non-hydrogen) atoms. The van der Waals surface area contributed by atoms with Crippen LogP contribution in [0.25, 0.3) is 0 Å². The summed E-state index contributed by atoms with van der Waals surface area (Å²) in [7, 11) is 2.02. The number of hydrogen-bond donors (Lipinski definition) is 1. The van der Waals surface area contributed by atoms with Crippen LogP contribution in [0.2, 0.25) is 0 Å². The van der Waals surface area contributed by atoms with Crippen LogP contribution >= 0.6 is 0 Å². The molecule has 0 aromatic carbocycles. The molecule has 0 bridgehead atoms. The smallest absolute Gasteiger partial charge is 0.129 e.